The number of rotatable bonds is 5. The van der Waals surface area contributed by atoms with Gasteiger partial charge in [0.25, 0.3) is 5.24 Å². The molecule has 1 aliphatic heterocycles. The average molecular weight is 383 g/mol. The molecule has 1 saturated heterocycles. The van der Waals surface area contributed by atoms with Crippen LogP contribution in [0.15, 0.2) is 47.8 Å². The van der Waals surface area contributed by atoms with Crippen LogP contribution in [0.3, 0.4) is 0 Å². The van der Waals surface area contributed by atoms with Crippen LogP contribution in [0.5, 0.6) is 0 Å². The first-order valence-corrected chi connectivity index (χ1v) is 10.2. The summed E-state index contributed by atoms with van der Waals surface area (Å²) in [4.78, 5) is 30.0. The van der Waals surface area contributed by atoms with Crippen molar-refractivity contribution in [3.05, 3.63) is 47.8 Å². The zero-order chi connectivity index (χ0) is 17.9. The molecule has 0 atom stereocenters. The molecule has 2 aromatic carbocycles. The predicted molar refractivity (Wildman–Crippen MR) is 108 cm³/mol. The highest BCUT2D eigenvalue weighted by molar-refractivity contribution is 8.13. The second-order valence-corrected chi connectivity index (χ2v) is 7.87. The monoisotopic (exact) mass is 383 g/mol. The molecule has 0 spiro atoms. The number of nitrogens with one attached hydrogen (secondary N) is 1. The van der Waals surface area contributed by atoms with Crippen molar-refractivity contribution < 1.29 is 9.59 Å². The van der Waals surface area contributed by atoms with Gasteiger partial charge in [-0.1, -0.05) is 54.2 Å². The summed E-state index contributed by atoms with van der Waals surface area (Å²) in [6.07, 6.45) is 0.287. The first-order chi connectivity index (χ1) is 12.7. The van der Waals surface area contributed by atoms with Crippen molar-refractivity contribution in [2.45, 2.75) is 6.42 Å². The summed E-state index contributed by atoms with van der Waals surface area (Å²) in [5.74, 6) is 0.690. The lowest BCUT2D eigenvalue weighted by Gasteiger charge is -2.13. The predicted octanol–water partition coefficient (Wildman–Crippen LogP) is 4.46. The quantitative estimate of drug-likeness (QED) is 0.706. The zero-order valence-corrected chi connectivity index (χ0v) is 15.6. The van der Waals surface area contributed by atoms with Gasteiger partial charge in [0.1, 0.15) is 0 Å². The lowest BCUT2D eigenvalue weighted by molar-refractivity contribution is -0.116. The van der Waals surface area contributed by atoms with E-state index < -0.39 is 0 Å². The Kier molecular flexibility index (Phi) is 4.90. The van der Waals surface area contributed by atoms with E-state index in [4.69, 9.17) is 0 Å². The summed E-state index contributed by atoms with van der Waals surface area (Å²) in [6.45, 7) is 1.18. The number of thiazole rings is 1. The van der Waals surface area contributed by atoms with Gasteiger partial charge in [-0.25, -0.2) is 4.98 Å². The second kappa shape index (κ2) is 7.47. The van der Waals surface area contributed by atoms with E-state index in [9.17, 15) is 9.59 Å². The summed E-state index contributed by atoms with van der Waals surface area (Å²) < 4.78 is 0. The molecule has 0 unspecified atom stereocenters. The van der Waals surface area contributed by atoms with Crippen molar-refractivity contribution >= 4 is 50.1 Å². The van der Waals surface area contributed by atoms with E-state index in [1.807, 2.05) is 29.6 Å². The fourth-order valence-corrected chi connectivity index (χ4v) is 4.53. The maximum atomic E-state index is 12.1. The number of carbonyl (C=O) groups is 2. The number of hydrogen-bond acceptors (Lipinski definition) is 5. The Balaban J connectivity index is 1.44. The summed E-state index contributed by atoms with van der Waals surface area (Å²) >= 11 is 2.72. The summed E-state index contributed by atoms with van der Waals surface area (Å²) in [6, 6.07) is 14.3. The third kappa shape index (κ3) is 3.59. The zero-order valence-electron chi connectivity index (χ0n) is 14.0. The smallest absolute Gasteiger partial charge is 0.281 e. The van der Waals surface area contributed by atoms with E-state index in [0.29, 0.717) is 11.7 Å². The standard InChI is InChI=1S/C19H17N3O2S2/c23-17(8-9-22-10-11-25-19(22)24)21-18-20-16(12-26-18)15-7-3-5-13-4-1-2-6-14(13)15/h1-7,12H,8-11H2,(H,20,21,23). The molecule has 0 saturated carbocycles. The Morgan fingerprint density at radius 2 is 2.04 bits per heavy atom. The van der Waals surface area contributed by atoms with E-state index in [-0.39, 0.29) is 17.6 Å². The molecule has 1 aromatic heterocycles. The molecule has 3 aromatic rings. The van der Waals surface area contributed by atoms with Crippen LogP contribution in [0.4, 0.5) is 9.93 Å². The van der Waals surface area contributed by atoms with Crippen LogP contribution in [0.25, 0.3) is 22.0 Å². The Bertz CT molecular complexity index is 965. The fourth-order valence-electron chi connectivity index (χ4n) is 2.95. The van der Waals surface area contributed by atoms with Crippen molar-refractivity contribution in [1.82, 2.24) is 9.88 Å². The van der Waals surface area contributed by atoms with Crippen LogP contribution in [-0.2, 0) is 4.79 Å². The molecule has 0 bridgehead atoms. The molecule has 2 amide bonds. The van der Waals surface area contributed by atoms with Crippen LogP contribution in [0.1, 0.15) is 6.42 Å². The third-order valence-corrected chi connectivity index (χ3v) is 5.92. The minimum absolute atomic E-state index is 0.0605. The highest BCUT2D eigenvalue weighted by Gasteiger charge is 2.21. The number of fused-ring (bicyclic) bond motifs is 1. The van der Waals surface area contributed by atoms with E-state index in [1.54, 1.807) is 4.90 Å². The molecule has 4 rings (SSSR count). The van der Waals surface area contributed by atoms with Gasteiger partial charge in [0.2, 0.25) is 5.91 Å². The van der Waals surface area contributed by atoms with Gasteiger partial charge in [-0.05, 0) is 10.8 Å². The van der Waals surface area contributed by atoms with Crippen LogP contribution in [0.2, 0.25) is 0 Å². The largest absolute Gasteiger partial charge is 0.332 e. The van der Waals surface area contributed by atoms with Gasteiger partial charge in [0, 0.05) is 36.2 Å². The van der Waals surface area contributed by atoms with Gasteiger partial charge < -0.3 is 10.2 Å². The van der Waals surface area contributed by atoms with E-state index >= 15 is 0 Å². The van der Waals surface area contributed by atoms with Gasteiger partial charge in [-0.15, -0.1) is 11.3 Å². The van der Waals surface area contributed by atoms with E-state index in [0.717, 1.165) is 34.3 Å². The number of nitrogens with zero attached hydrogens (tertiary/aromatic N) is 2. The highest BCUT2D eigenvalue weighted by Crippen LogP contribution is 2.31. The lowest BCUT2D eigenvalue weighted by atomic mass is 10.0. The van der Waals surface area contributed by atoms with Crippen LogP contribution in [0, 0.1) is 0 Å². The number of anilines is 1. The number of hydrogen-bond donors (Lipinski definition) is 1. The molecule has 7 heteroatoms. The molecule has 1 N–H and O–H groups in total. The van der Waals surface area contributed by atoms with E-state index in [1.165, 1.54) is 23.1 Å². The molecule has 1 aliphatic rings. The molecule has 26 heavy (non-hydrogen) atoms. The Hall–Kier alpha value is -2.38. The maximum Gasteiger partial charge on any atom is 0.281 e. The average Bonchev–Trinajstić information content (AvgIpc) is 3.28. The molecule has 132 valence electrons. The molecule has 0 radical (unpaired) electrons. The summed E-state index contributed by atoms with van der Waals surface area (Å²) in [5, 5.41) is 7.75. The minimum Gasteiger partial charge on any atom is -0.332 e. The summed E-state index contributed by atoms with van der Waals surface area (Å²) in [5.41, 5.74) is 1.91. The molecule has 2 heterocycles. The first-order valence-electron chi connectivity index (χ1n) is 8.36. The van der Waals surface area contributed by atoms with Crippen molar-refractivity contribution in [2.24, 2.45) is 0 Å². The SMILES string of the molecule is O=C(CCN1CCSC1=O)Nc1nc(-c2cccc3ccccc23)cs1. The van der Waals surface area contributed by atoms with E-state index in [2.05, 4.69) is 28.5 Å². The molecular formula is C19H17N3O2S2. The van der Waals surface area contributed by atoms with Crippen molar-refractivity contribution in [2.75, 3.05) is 24.2 Å². The molecule has 5 nitrogen and oxygen atoms in total. The molecular weight excluding hydrogens is 366 g/mol. The van der Waals surface area contributed by atoms with Crippen LogP contribution < -0.4 is 5.32 Å². The van der Waals surface area contributed by atoms with Gasteiger partial charge >= 0.3 is 0 Å². The normalized spacial score (nSPS) is 14.2. The molecule has 0 aliphatic carbocycles. The van der Waals surface area contributed by atoms with Crippen LogP contribution >= 0.6 is 23.1 Å². The topological polar surface area (TPSA) is 62.3 Å². The van der Waals surface area contributed by atoms with Gasteiger partial charge in [-0.3, -0.25) is 9.59 Å². The van der Waals surface area contributed by atoms with Crippen LogP contribution in [-0.4, -0.2) is 39.9 Å². The van der Waals surface area contributed by atoms with Crippen molar-refractivity contribution in [3.8, 4) is 11.3 Å². The number of benzene rings is 2. The third-order valence-electron chi connectivity index (χ3n) is 4.27. The maximum absolute atomic E-state index is 12.1. The fraction of sp³-hybridized carbons (Fsp3) is 0.211. The minimum atomic E-state index is -0.117. The number of amides is 2. The highest BCUT2D eigenvalue weighted by atomic mass is 32.2. The Morgan fingerprint density at radius 3 is 2.88 bits per heavy atom. The van der Waals surface area contributed by atoms with Gasteiger partial charge in [0.05, 0.1) is 5.69 Å². The number of thioether (sulfide) groups is 1. The first kappa shape index (κ1) is 17.1. The number of aromatic nitrogens is 1. The summed E-state index contributed by atoms with van der Waals surface area (Å²) in [7, 11) is 0. The van der Waals surface area contributed by atoms with Gasteiger partial charge in [-0.2, -0.15) is 0 Å². The molecule has 1 fully saturated rings. The second-order valence-electron chi connectivity index (χ2n) is 5.96. The Labute approximate surface area is 159 Å². The number of carbonyl (C=O) groups excluding carboxylic acids is 2. The van der Waals surface area contributed by atoms with Crippen molar-refractivity contribution in [3.63, 3.8) is 0 Å². The lowest BCUT2D eigenvalue weighted by Crippen LogP contribution is -2.27. The van der Waals surface area contributed by atoms with Gasteiger partial charge in [0.15, 0.2) is 5.13 Å². The van der Waals surface area contributed by atoms with Crippen molar-refractivity contribution in [1.29, 1.82) is 0 Å². The Morgan fingerprint density at radius 1 is 1.19 bits per heavy atom.